The summed E-state index contributed by atoms with van der Waals surface area (Å²) in [5, 5.41) is 10.9. The van der Waals surface area contributed by atoms with Crippen LogP contribution in [0.15, 0.2) is 24.3 Å². The molecule has 110 valence electrons. The highest BCUT2D eigenvalue weighted by molar-refractivity contribution is 5.89. The van der Waals surface area contributed by atoms with Crippen molar-refractivity contribution in [3.05, 3.63) is 35.6 Å². The molecule has 0 unspecified atom stereocenters. The number of hydrogen-bond donors (Lipinski definition) is 1. The zero-order valence-corrected chi connectivity index (χ0v) is 11.5. The molecule has 2 amide bonds. The quantitative estimate of drug-likeness (QED) is 0.817. The van der Waals surface area contributed by atoms with Crippen molar-refractivity contribution >= 4 is 11.8 Å². The van der Waals surface area contributed by atoms with Crippen LogP contribution >= 0.6 is 0 Å². The number of carbonyl (C=O) groups is 2. The monoisotopic (exact) mass is 289 g/mol. The van der Waals surface area contributed by atoms with Crippen LogP contribution in [0.4, 0.5) is 4.39 Å². The Morgan fingerprint density at radius 2 is 2.14 bits per heavy atom. The Bertz CT molecular complexity index is 565. The van der Waals surface area contributed by atoms with Crippen molar-refractivity contribution in [2.24, 2.45) is 5.92 Å². The van der Waals surface area contributed by atoms with Gasteiger partial charge in [-0.3, -0.25) is 9.59 Å². The van der Waals surface area contributed by atoms with Gasteiger partial charge in [0.2, 0.25) is 11.8 Å². The van der Waals surface area contributed by atoms with Gasteiger partial charge >= 0.3 is 0 Å². The molecular weight excluding hydrogens is 273 g/mol. The molecule has 1 aliphatic rings. The predicted molar refractivity (Wildman–Crippen MR) is 73.4 cm³/mol. The highest BCUT2D eigenvalue weighted by Gasteiger charge is 2.33. The summed E-state index contributed by atoms with van der Waals surface area (Å²) < 4.78 is 12.8. The molecule has 0 spiro atoms. The lowest BCUT2D eigenvalue weighted by atomic mass is 10.1. The molecule has 5 nitrogen and oxygen atoms in total. The van der Waals surface area contributed by atoms with Gasteiger partial charge in [-0.1, -0.05) is 12.1 Å². The average Bonchev–Trinajstić information content (AvgIpc) is 2.85. The number of carbonyl (C=O) groups excluding carboxylic acids is 2. The van der Waals surface area contributed by atoms with Crippen LogP contribution < -0.4 is 5.32 Å². The standard InChI is InChI=1S/C15H16FN3O2/c16-13-3-1-11(2-4-13)5-8-19-10-12(9-14(19)20)15(21)18-7-6-17/h1-4,12H,5,7-10H2,(H,18,21)/t12-/m1/s1. The van der Waals surface area contributed by atoms with Crippen molar-refractivity contribution in [3.63, 3.8) is 0 Å². The molecular formula is C15H16FN3O2. The summed E-state index contributed by atoms with van der Waals surface area (Å²) in [6.45, 7) is 0.836. The Hall–Kier alpha value is -2.42. The van der Waals surface area contributed by atoms with Gasteiger partial charge in [0, 0.05) is 19.5 Å². The van der Waals surface area contributed by atoms with Crippen LogP contribution in [0.3, 0.4) is 0 Å². The van der Waals surface area contributed by atoms with E-state index >= 15 is 0 Å². The van der Waals surface area contributed by atoms with E-state index in [4.69, 9.17) is 5.26 Å². The van der Waals surface area contributed by atoms with Gasteiger partial charge in [0.1, 0.15) is 12.4 Å². The molecule has 1 heterocycles. The van der Waals surface area contributed by atoms with Crippen LogP contribution in [-0.2, 0) is 16.0 Å². The number of nitriles is 1. The highest BCUT2D eigenvalue weighted by atomic mass is 19.1. The molecule has 0 bridgehead atoms. The van der Waals surface area contributed by atoms with E-state index in [0.29, 0.717) is 19.5 Å². The second-order valence-electron chi connectivity index (χ2n) is 4.99. The lowest BCUT2D eigenvalue weighted by Gasteiger charge is -2.16. The first-order valence-electron chi connectivity index (χ1n) is 6.77. The summed E-state index contributed by atoms with van der Waals surface area (Å²) in [6, 6.07) is 7.99. The van der Waals surface area contributed by atoms with Gasteiger partial charge in [-0.2, -0.15) is 5.26 Å². The molecule has 1 atom stereocenters. The second kappa shape index (κ2) is 6.84. The molecule has 0 aromatic heterocycles. The van der Waals surface area contributed by atoms with Gasteiger partial charge in [-0.25, -0.2) is 4.39 Å². The second-order valence-corrected chi connectivity index (χ2v) is 4.99. The molecule has 0 saturated carbocycles. The van der Waals surface area contributed by atoms with Crippen molar-refractivity contribution in [1.82, 2.24) is 10.2 Å². The fourth-order valence-electron chi connectivity index (χ4n) is 2.35. The topological polar surface area (TPSA) is 73.2 Å². The molecule has 1 aromatic carbocycles. The zero-order chi connectivity index (χ0) is 15.2. The largest absolute Gasteiger partial charge is 0.343 e. The van der Waals surface area contributed by atoms with Crippen molar-refractivity contribution < 1.29 is 14.0 Å². The fourth-order valence-corrected chi connectivity index (χ4v) is 2.35. The van der Waals surface area contributed by atoms with E-state index in [-0.39, 0.29) is 36.5 Å². The molecule has 1 fully saturated rings. The van der Waals surface area contributed by atoms with Crippen LogP contribution in [0.25, 0.3) is 0 Å². The number of halogens is 1. The van der Waals surface area contributed by atoms with E-state index in [2.05, 4.69) is 5.32 Å². The predicted octanol–water partition coefficient (Wildman–Crippen LogP) is 0.856. The first-order chi connectivity index (χ1) is 10.1. The summed E-state index contributed by atoms with van der Waals surface area (Å²) >= 11 is 0. The number of nitrogens with one attached hydrogen (secondary N) is 1. The van der Waals surface area contributed by atoms with Gasteiger partial charge in [0.25, 0.3) is 0 Å². The van der Waals surface area contributed by atoms with Crippen molar-refractivity contribution in [2.45, 2.75) is 12.8 Å². The third-order valence-corrected chi connectivity index (χ3v) is 3.51. The van der Waals surface area contributed by atoms with Crippen LogP contribution in [0.1, 0.15) is 12.0 Å². The van der Waals surface area contributed by atoms with Crippen LogP contribution in [0, 0.1) is 23.1 Å². The molecule has 21 heavy (non-hydrogen) atoms. The SMILES string of the molecule is N#CCNC(=O)[C@@H]1CC(=O)N(CCc2ccc(F)cc2)C1. The lowest BCUT2D eigenvalue weighted by Crippen LogP contribution is -2.33. The number of nitrogens with zero attached hydrogens (tertiary/aromatic N) is 2. The van der Waals surface area contributed by atoms with Crippen molar-refractivity contribution in [3.8, 4) is 6.07 Å². The first-order valence-corrected chi connectivity index (χ1v) is 6.77. The minimum absolute atomic E-state index is 0.0426. The minimum atomic E-state index is -0.390. The van der Waals surface area contributed by atoms with E-state index in [1.165, 1.54) is 12.1 Å². The molecule has 0 radical (unpaired) electrons. The van der Waals surface area contributed by atoms with E-state index in [1.807, 2.05) is 6.07 Å². The van der Waals surface area contributed by atoms with E-state index in [1.54, 1.807) is 17.0 Å². The van der Waals surface area contributed by atoms with Gasteiger partial charge in [0.05, 0.1) is 12.0 Å². The number of likely N-dealkylation sites (tertiary alicyclic amines) is 1. The number of benzene rings is 1. The Morgan fingerprint density at radius 1 is 1.43 bits per heavy atom. The van der Waals surface area contributed by atoms with Gasteiger partial charge in [-0.05, 0) is 24.1 Å². The first kappa shape index (κ1) is 15.0. The lowest BCUT2D eigenvalue weighted by molar-refractivity contribution is -0.128. The van der Waals surface area contributed by atoms with E-state index < -0.39 is 0 Å². The highest BCUT2D eigenvalue weighted by Crippen LogP contribution is 2.18. The third-order valence-electron chi connectivity index (χ3n) is 3.51. The van der Waals surface area contributed by atoms with Gasteiger partial charge in [-0.15, -0.1) is 0 Å². The molecule has 1 aliphatic heterocycles. The average molecular weight is 289 g/mol. The van der Waals surface area contributed by atoms with Crippen LogP contribution in [0.5, 0.6) is 0 Å². The summed E-state index contributed by atoms with van der Waals surface area (Å²) in [5.41, 5.74) is 0.946. The number of hydrogen-bond acceptors (Lipinski definition) is 3. The normalized spacial score (nSPS) is 17.6. The summed E-state index contributed by atoms with van der Waals surface area (Å²) in [4.78, 5) is 25.2. The minimum Gasteiger partial charge on any atom is -0.343 e. The molecule has 0 aliphatic carbocycles. The maximum atomic E-state index is 12.8. The molecule has 1 N–H and O–H groups in total. The Balaban J connectivity index is 1.84. The Morgan fingerprint density at radius 3 is 2.81 bits per heavy atom. The maximum Gasteiger partial charge on any atom is 0.226 e. The van der Waals surface area contributed by atoms with Crippen LogP contribution in [-0.4, -0.2) is 36.3 Å². The van der Waals surface area contributed by atoms with Crippen molar-refractivity contribution in [2.75, 3.05) is 19.6 Å². The third kappa shape index (κ3) is 4.02. The summed E-state index contributed by atoms with van der Waals surface area (Å²) in [5.74, 6) is -0.993. The molecule has 1 saturated heterocycles. The van der Waals surface area contributed by atoms with E-state index in [0.717, 1.165) is 5.56 Å². The molecule has 6 heteroatoms. The van der Waals surface area contributed by atoms with E-state index in [9.17, 15) is 14.0 Å². The maximum absolute atomic E-state index is 12.8. The smallest absolute Gasteiger partial charge is 0.226 e. The zero-order valence-electron chi connectivity index (χ0n) is 11.5. The van der Waals surface area contributed by atoms with Crippen molar-refractivity contribution in [1.29, 1.82) is 5.26 Å². The van der Waals surface area contributed by atoms with Gasteiger partial charge < -0.3 is 10.2 Å². The summed E-state index contributed by atoms with van der Waals surface area (Å²) in [6.07, 6.45) is 0.805. The fraction of sp³-hybridized carbons (Fsp3) is 0.400. The Labute approximate surface area is 122 Å². The number of amides is 2. The summed E-state index contributed by atoms with van der Waals surface area (Å²) in [7, 11) is 0. The van der Waals surface area contributed by atoms with Crippen LogP contribution in [0.2, 0.25) is 0 Å². The molecule has 1 aromatic rings. The molecule has 2 rings (SSSR count). The Kier molecular flexibility index (Phi) is 4.88. The number of rotatable bonds is 5. The van der Waals surface area contributed by atoms with Gasteiger partial charge in [0.15, 0.2) is 0 Å².